The molecule has 2 rings (SSSR count). The minimum atomic E-state index is -0.641. The Labute approximate surface area is 110 Å². The minimum Gasteiger partial charge on any atom is -0.494 e. The summed E-state index contributed by atoms with van der Waals surface area (Å²) in [6, 6.07) is 4.53. The summed E-state index contributed by atoms with van der Waals surface area (Å²) in [4.78, 5) is 12.4. The van der Waals surface area contributed by atoms with Crippen molar-refractivity contribution in [3.8, 4) is 5.75 Å². The van der Waals surface area contributed by atoms with Crippen LogP contribution in [0.1, 0.15) is 27.3 Å². The Bertz CT molecular complexity index is 647. The Morgan fingerprint density at radius 1 is 1.37 bits per heavy atom. The number of hydrogen-bond donors (Lipinski definition) is 0. The predicted molar refractivity (Wildman–Crippen MR) is 69.1 cm³/mol. The van der Waals surface area contributed by atoms with Crippen molar-refractivity contribution in [1.29, 1.82) is 0 Å². The maximum absolute atomic E-state index is 14.1. The van der Waals surface area contributed by atoms with E-state index < -0.39 is 5.82 Å². The number of nitrogens with zero attached hydrogens (tertiary/aromatic N) is 2. The van der Waals surface area contributed by atoms with E-state index in [4.69, 9.17) is 4.74 Å². The molecule has 0 aliphatic heterocycles. The number of aryl methyl sites for hydroxylation is 2. The van der Waals surface area contributed by atoms with Crippen LogP contribution in [0.5, 0.6) is 5.75 Å². The molecule has 0 aliphatic carbocycles. The summed E-state index contributed by atoms with van der Waals surface area (Å²) in [7, 11) is 3.12. The standard InChI is InChI=1S/C14H15FN2O2/c1-8-12(9(2)17(3)16-8)14(18)10-6-5-7-11(19-4)13(10)15/h5-7H,1-4H3. The van der Waals surface area contributed by atoms with E-state index in [0.717, 1.165) is 0 Å². The second-order valence-corrected chi connectivity index (χ2v) is 4.32. The van der Waals surface area contributed by atoms with Gasteiger partial charge in [0.15, 0.2) is 17.3 Å². The molecule has 1 aromatic heterocycles. The Morgan fingerprint density at radius 2 is 2.05 bits per heavy atom. The van der Waals surface area contributed by atoms with E-state index in [1.54, 1.807) is 31.6 Å². The molecular weight excluding hydrogens is 247 g/mol. The van der Waals surface area contributed by atoms with E-state index in [-0.39, 0.29) is 17.1 Å². The van der Waals surface area contributed by atoms with E-state index in [2.05, 4.69) is 5.10 Å². The number of ether oxygens (including phenoxy) is 1. The molecule has 0 fully saturated rings. The van der Waals surface area contributed by atoms with Crippen LogP contribution in [0.15, 0.2) is 18.2 Å². The van der Waals surface area contributed by atoms with E-state index in [0.29, 0.717) is 17.0 Å². The number of methoxy groups -OCH3 is 1. The number of carbonyl (C=O) groups excluding carboxylic acids is 1. The van der Waals surface area contributed by atoms with Gasteiger partial charge in [0.25, 0.3) is 0 Å². The maximum Gasteiger partial charge on any atom is 0.199 e. The first kappa shape index (κ1) is 13.3. The fourth-order valence-electron chi connectivity index (χ4n) is 2.08. The molecule has 0 saturated carbocycles. The van der Waals surface area contributed by atoms with Gasteiger partial charge in [-0.1, -0.05) is 6.07 Å². The molecule has 2 aromatic rings. The fourth-order valence-corrected chi connectivity index (χ4v) is 2.08. The molecule has 0 atom stereocenters. The first-order valence-electron chi connectivity index (χ1n) is 5.84. The first-order valence-corrected chi connectivity index (χ1v) is 5.84. The van der Waals surface area contributed by atoms with Gasteiger partial charge in [0.1, 0.15) is 0 Å². The van der Waals surface area contributed by atoms with Crippen LogP contribution in [0.2, 0.25) is 0 Å². The van der Waals surface area contributed by atoms with Crippen molar-refractivity contribution in [2.75, 3.05) is 7.11 Å². The molecule has 0 radical (unpaired) electrons. The molecule has 0 N–H and O–H groups in total. The summed E-state index contributed by atoms with van der Waals surface area (Å²) in [5.41, 5.74) is 1.74. The van der Waals surface area contributed by atoms with E-state index >= 15 is 0 Å². The quantitative estimate of drug-likeness (QED) is 0.798. The molecule has 0 amide bonds. The van der Waals surface area contributed by atoms with Crippen LogP contribution in [-0.2, 0) is 7.05 Å². The average Bonchev–Trinajstić information content (AvgIpc) is 2.63. The largest absolute Gasteiger partial charge is 0.494 e. The lowest BCUT2D eigenvalue weighted by Crippen LogP contribution is -2.08. The van der Waals surface area contributed by atoms with E-state index in [1.807, 2.05) is 0 Å². The van der Waals surface area contributed by atoms with Gasteiger partial charge in [-0.2, -0.15) is 5.10 Å². The van der Waals surface area contributed by atoms with Gasteiger partial charge in [0.2, 0.25) is 0 Å². The number of rotatable bonds is 3. The lowest BCUT2D eigenvalue weighted by Gasteiger charge is -2.07. The zero-order valence-corrected chi connectivity index (χ0v) is 11.3. The second kappa shape index (κ2) is 4.84. The highest BCUT2D eigenvalue weighted by molar-refractivity contribution is 6.10. The summed E-state index contributed by atoms with van der Waals surface area (Å²) < 4.78 is 20.6. The molecule has 19 heavy (non-hydrogen) atoms. The second-order valence-electron chi connectivity index (χ2n) is 4.32. The number of ketones is 1. The fraction of sp³-hybridized carbons (Fsp3) is 0.286. The van der Waals surface area contributed by atoms with Crippen molar-refractivity contribution >= 4 is 5.78 Å². The van der Waals surface area contributed by atoms with Gasteiger partial charge in [0, 0.05) is 12.7 Å². The van der Waals surface area contributed by atoms with Crippen LogP contribution in [0.25, 0.3) is 0 Å². The molecular formula is C14H15FN2O2. The molecule has 1 aromatic carbocycles. The minimum absolute atomic E-state index is 0.00134. The topological polar surface area (TPSA) is 44.1 Å². The summed E-state index contributed by atoms with van der Waals surface area (Å²) in [6.45, 7) is 3.52. The zero-order valence-electron chi connectivity index (χ0n) is 11.3. The Morgan fingerprint density at radius 3 is 2.58 bits per heavy atom. The van der Waals surface area contributed by atoms with Gasteiger partial charge in [0.05, 0.1) is 23.9 Å². The summed E-state index contributed by atoms with van der Waals surface area (Å²) in [6.07, 6.45) is 0. The number of hydrogen-bond acceptors (Lipinski definition) is 3. The first-order chi connectivity index (χ1) is 8.97. The third-order valence-corrected chi connectivity index (χ3v) is 3.16. The van der Waals surface area contributed by atoms with Crippen LogP contribution < -0.4 is 4.74 Å². The van der Waals surface area contributed by atoms with Gasteiger partial charge in [-0.25, -0.2) is 4.39 Å². The summed E-state index contributed by atoms with van der Waals surface area (Å²) in [5, 5.41) is 4.17. The highest BCUT2D eigenvalue weighted by atomic mass is 19.1. The van der Waals surface area contributed by atoms with Gasteiger partial charge in [-0.05, 0) is 26.0 Å². The average molecular weight is 262 g/mol. The molecule has 100 valence electrons. The van der Waals surface area contributed by atoms with Crippen LogP contribution in [0, 0.1) is 19.7 Å². The van der Waals surface area contributed by atoms with Crippen LogP contribution in [-0.4, -0.2) is 22.7 Å². The van der Waals surface area contributed by atoms with Crippen molar-refractivity contribution < 1.29 is 13.9 Å². The van der Waals surface area contributed by atoms with Crippen LogP contribution in [0.3, 0.4) is 0 Å². The molecule has 1 heterocycles. The third kappa shape index (κ3) is 2.12. The normalized spacial score (nSPS) is 10.6. The molecule has 0 aliphatic rings. The smallest absolute Gasteiger partial charge is 0.199 e. The molecule has 0 bridgehead atoms. The molecule has 0 unspecified atom stereocenters. The van der Waals surface area contributed by atoms with Crippen LogP contribution in [0.4, 0.5) is 4.39 Å². The number of aromatic nitrogens is 2. The van der Waals surface area contributed by atoms with Crippen LogP contribution >= 0.6 is 0 Å². The number of carbonyl (C=O) groups is 1. The third-order valence-electron chi connectivity index (χ3n) is 3.16. The van der Waals surface area contributed by atoms with Gasteiger partial charge < -0.3 is 4.74 Å². The van der Waals surface area contributed by atoms with Gasteiger partial charge >= 0.3 is 0 Å². The van der Waals surface area contributed by atoms with E-state index in [9.17, 15) is 9.18 Å². The molecule has 0 saturated heterocycles. The predicted octanol–water partition coefficient (Wildman–Crippen LogP) is 2.42. The lowest BCUT2D eigenvalue weighted by atomic mass is 10.0. The molecule has 0 spiro atoms. The monoisotopic (exact) mass is 262 g/mol. The van der Waals surface area contributed by atoms with E-state index in [1.165, 1.54) is 19.2 Å². The Hall–Kier alpha value is -2.17. The highest BCUT2D eigenvalue weighted by Crippen LogP contribution is 2.24. The van der Waals surface area contributed by atoms with Gasteiger partial charge in [-0.3, -0.25) is 9.48 Å². The maximum atomic E-state index is 14.1. The summed E-state index contributed by atoms with van der Waals surface area (Å²) >= 11 is 0. The van der Waals surface area contributed by atoms with Crippen molar-refractivity contribution in [1.82, 2.24) is 9.78 Å². The Kier molecular flexibility index (Phi) is 3.38. The molecule has 5 heteroatoms. The van der Waals surface area contributed by atoms with Crippen molar-refractivity contribution in [3.05, 3.63) is 46.5 Å². The lowest BCUT2D eigenvalue weighted by molar-refractivity contribution is 0.103. The number of benzene rings is 1. The summed E-state index contributed by atoms with van der Waals surface area (Å²) in [5.74, 6) is -0.956. The van der Waals surface area contributed by atoms with Crippen molar-refractivity contribution in [3.63, 3.8) is 0 Å². The highest BCUT2D eigenvalue weighted by Gasteiger charge is 2.23. The zero-order chi connectivity index (χ0) is 14.2. The Balaban J connectivity index is 2.56. The van der Waals surface area contributed by atoms with Gasteiger partial charge in [-0.15, -0.1) is 0 Å². The van der Waals surface area contributed by atoms with Crippen molar-refractivity contribution in [2.45, 2.75) is 13.8 Å². The molecule has 4 nitrogen and oxygen atoms in total. The SMILES string of the molecule is COc1cccc(C(=O)c2c(C)nn(C)c2C)c1F. The van der Waals surface area contributed by atoms with Crippen molar-refractivity contribution in [2.24, 2.45) is 7.05 Å². The number of halogens is 1.